The highest BCUT2D eigenvalue weighted by Crippen LogP contribution is 2.27. The first kappa shape index (κ1) is 12.6. The number of hydrogen-bond donors (Lipinski definition) is 1. The first-order valence-corrected chi connectivity index (χ1v) is 5.86. The summed E-state index contributed by atoms with van der Waals surface area (Å²) in [5.41, 5.74) is 7.59. The van der Waals surface area contributed by atoms with Crippen molar-refractivity contribution in [2.24, 2.45) is 5.73 Å². The second kappa shape index (κ2) is 5.19. The first-order valence-electron chi connectivity index (χ1n) is 5.86. The molecule has 0 aliphatic carbocycles. The molecule has 0 aliphatic heterocycles. The predicted octanol–water partition coefficient (Wildman–Crippen LogP) is 3.95. The third kappa shape index (κ3) is 2.87. The number of nitrogens with two attached hydrogens (primary N) is 1. The molecule has 0 heterocycles. The highest BCUT2D eigenvalue weighted by atomic mass is 19.1. The minimum atomic E-state index is -0.260. The maximum absolute atomic E-state index is 13.0. The molecule has 18 heavy (non-hydrogen) atoms. The number of aryl methyl sites for hydroxylation is 1. The van der Waals surface area contributed by atoms with Crippen LogP contribution < -0.4 is 10.5 Å². The van der Waals surface area contributed by atoms with E-state index in [1.165, 1.54) is 12.1 Å². The zero-order chi connectivity index (χ0) is 13.1. The van der Waals surface area contributed by atoms with Gasteiger partial charge in [0.05, 0.1) is 0 Å². The van der Waals surface area contributed by atoms with E-state index in [0.29, 0.717) is 11.5 Å². The smallest absolute Gasteiger partial charge is 0.130 e. The highest BCUT2D eigenvalue weighted by molar-refractivity contribution is 5.39. The Kier molecular flexibility index (Phi) is 3.63. The normalized spacial score (nSPS) is 12.2. The van der Waals surface area contributed by atoms with E-state index in [2.05, 4.69) is 0 Å². The van der Waals surface area contributed by atoms with Crippen molar-refractivity contribution in [1.82, 2.24) is 0 Å². The second-order valence-corrected chi connectivity index (χ2v) is 4.37. The average Bonchev–Trinajstić information content (AvgIpc) is 2.33. The molecule has 2 N–H and O–H groups in total. The lowest BCUT2D eigenvalue weighted by Gasteiger charge is -2.11. The van der Waals surface area contributed by atoms with Crippen LogP contribution in [0, 0.1) is 12.7 Å². The lowest BCUT2D eigenvalue weighted by molar-refractivity contribution is 0.475. The fourth-order valence-electron chi connectivity index (χ4n) is 1.72. The van der Waals surface area contributed by atoms with Crippen LogP contribution in [0.15, 0.2) is 42.5 Å². The Morgan fingerprint density at radius 3 is 2.61 bits per heavy atom. The molecule has 0 saturated carbocycles. The van der Waals surface area contributed by atoms with E-state index >= 15 is 0 Å². The molecule has 0 bridgehead atoms. The van der Waals surface area contributed by atoms with Gasteiger partial charge in [0, 0.05) is 6.04 Å². The van der Waals surface area contributed by atoms with Crippen LogP contribution >= 0.6 is 0 Å². The zero-order valence-corrected chi connectivity index (χ0v) is 10.5. The standard InChI is InChI=1S/C15H16FNO/c1-10-8-13(16)6-7-15(10)18-14-5-3-4-12(9-14)11(2)17/h3-9,11H,17H2,1-2H3. The van der Waals surface area contributed by atoms with Gasteiger partial charge in [-0.1, -0.05) is 12.1 Å². The van der Waals surface area contributed by atoms with Crippen LogP contribution in [0.5, 0.6) is 11.5 Å². The van der Waals surface area contributed by atoms with Gasteiger partial charge in [0.25, 0.3) is 0 Å². The van der Waals surface area contributed by atoms with Gasteiger partial charge in [-0.2, -0.15) is 0 Å². The van der Waals surface area contributed by atoms with Gasteiger partial charge in [0.15, 0.2) is 0 Å². The summed E-state index contributed by atoms with van der Waals surface area (Å²) in [4.78, 5) is 0. The first-order chi connectivity index (χ1) is 8.56. The van der Waals surface area contributed by atoms with E-state index in [0.717, 1.165) is 11.1 Å². The number of benzene rings is 2. The molecule has 0 spiro atoms. The van der Waals surface area contributed by atoms with Crippen molar-refractivity contribution in [2.45, 2.75) is 19.9 Å². The van der Waals surface area contributed by atoms with Crippen LogP contribution in [0.1, 0.15) is 24.1 Å². The van der Waals surface area contributed by atoms with Crippen molar-refractivity contribution in [1.29, 1.82) is 0 Å². The summed E-state index contributed by atoms with van der Waals surface area (Å²) in [5.74, 6) is 1.10. The van der Waals surface area contributed by atoms with Crippen molar-refractivity contribution in [3.05, 3.63) is 59.4 Å². The maximum Gasteiger partial charge on any atom is 0.130 e. The SMILES string of the molecule is Cc1cc(F)ccc1Oc1cccc(C(C)N)c1. The third-order valence-corrected chi connectivity index (χ3v) is 2.75. The molecule has 2 aromatic carbocycles. The minimum absolute atomic E-state index is 0.0390. The van der Waals surface area contributed by atoms with Gasteiger partial charge in [-0.15, -0.1) is 0 Å². The third-order valence-electron chi connectivity index (χ3n) is 2.75. The Morgan fingerprint density at radius 2 is 1.94 bits per heavy atom. The number of ether oxygens (including phenoxy) is 1. The van der Waals surface area contributed by atoms with Gasteiger partial charge in [-0.05, 0) is 55.3 Å². The Labute approximate surface area is 106 Å². The summed E-state index contributed by atoms with van der Waals surface area (Å²) in [6.07, 6.45) is 0. The molecule has 0 saturated heterocycles. The van der Waals surface area contributed by atoms with E-state index in [1.54, 1.807) is 6.07 Å². The van der Waals surface area contributed by atoms with E-state index in [-0.39, 0.29) is 11.9 Å². The Morgan fingerprint density at radius 1 is 1.17 bits per heavy atom. The van der Waals surface area contributed by atoms with Crippen molar-refractivity contribution in [3.8, 4) is 11.5 Å². The highest BCUT2D eigenvalue weighted by Gasteiger charge is 2.05. The fraction of sp³-hybridized carbons (Fsp3) is 0.200. The molecule has 0 aromatic heterocycles. The van der Waals surface area contributed by atoms with Gasteiger partial charge in [0.2, 0.25) is 0 Å². The fourth-order valence-corrected chi connectivity index (χ4v) is 1.72. The number of rotatable bonds is 3. The van der Waals surface area contributed by atoms with E-state index in [9.17, 15) is 4.39 Å². The predicted molar refractivity (Wildman–Crippen MR) is 70.3 cm³/mol. The lowest BCUT2D eigenvalue weighted by atomic mass is 10.1. The molecule has 2 aromatic rings. The second-order valence-electron chi connectivity index (χ2n) is 4.37. The van der Waals surface area contributed by atoms with Gasteiger partial charge in [0.1, 0.15) is 17.3 Å². The molecule has 2 nitrogen and oxygen atoms in total. The van der Waals surface area contributed by atoms with Crippen LogP contribution in [-0.4, -0.2) is 0 Å². The summed E-state index contributed by atoms with van der Waals surface area (Å²) in [5, 5.41) is 0. The summed E-state index contributed by atoms with van der Waals surface area (Å²) in [6.45, 7) is 3.73. The minimum Gasteiger partial charge on any atom is -0.457 e. The van der Waals surface area contributed by atoms with Gasteiger partial charge < -0.3 is 10.5 Å². The number of hydrogen-bond acceptors (Lipinski definition) is 2. The van der Waals surface area contributed by atoms with Crippen molar-refractivity contribution in [3.63, 3.8) is 0 Å². The topological polar surface area (TPSA) is 35.2 Å². The Bertz CT molecular complexity index is 552. The molecule has 94 valence electrons. The number of halogens is 1. The Hall–Kier alpha value is -1.87. The van der Waals surface area contributed by atoms with E-state index in [1.807, 2.05) is 38.1 Å². The molecular formula is C15H16FNO. The van der Waals surface area contributed by atoms with Gasteiger partial charge >= 0.3 is 0 Å². The molecule has 0 fully saturated rings. The molecular weight excluding hydrogens is 229 g/mol. The molecule has 3 heteroatoms. The van der Waals surface area contributed by atoms with Crippen molar-refractivity contribution >= 4 is 0 Å². The van der Waals surface area contributed by atoms with Gasteiger partial charge in [-0.3, -0.25) is 0 Å². The van der Waals surface area contributed by atoms with Crippen LogP contribution in [0.2, 0.25) is 0 Å². The molecule has 0 amide bonds. The summed E-state index contributed by atoms with van der Waals surface area (Å²) in [7, 11) is 0. The summed E-state index contributed by atoms with van der Waals surface area (Å²) >= 11 is 0. The quantitative estimate of drug-likeness (QED) is 0.888. The van der Waals surface area contributed by atoms with Crippen LogP contribution in [-0.2, 0) is 0 Å². The molecule has 0 aliphatic rings. The van der Waals surface area contributed by atoms with Crippen LogP contribution in [0.4, 0.5) is 4.39 Å². The monoisotopic (exact) mass is 245 g/mol. The van der Waals surface area contributed by atoms with Crippen molar-refractivity contribution in [2.75, 3.05) is 0 Å². The lowest BCUT2D eigenvalue weighted by Crippen LogP contribution is -2.04. The summed E-state index contributed by atoms with van der Waals surface area (Å²) < 4.78 is 18.7. The maximum atomic E-state index is 13.0. The largest absolute Gasteiger partial charge is 0.457 e. The van der Waals surface area contributed by atoms with Gasteiger partial charge in [-0.25, -0.2) is 4.39 Å². The zero-order valence-electron chi connectivity index (χ0n) is 10.5. The molecule has 2 rings (SSSR count). The van der Waals surface area contributed by atoms with E-state index < -0.39 is 0 Å². The molecule has 1 atom stereocenters. The van der Waals surface area contributed by atoms with Crippen molar-refractivity contribution < 1.29 is 9.13 Å². The average molecular weight is 245 g/mol. The van der Waals surface area contributed by atoms with Crippen LogP contribution in [0.3, 0.4) is 0 Å². The molecule has 0 radical (unpaired) electrons. The summed E-state index contributed by atoms with van der Waals surface area (Å²) in [6, 6.07) is 12.0. The van der Waals surface area contributed by atoms with E-state index in [4.69, 9.17) is 10.5 Å². The molecule has 1 unspecified atom stereocenters. The Balaban J connectivity index is 2.25. The van der Waals surface area contributed by atoms with Crippen LogP contribution in [0.25, 0.3) is 0 Å².